The molecule has 7 nitrogen and oxygen atoms in total. The van der Waals surface area contributed by atoms with Gasteiger partial charge in [0, 0.05) is 11.6 Å². The number of pyridine rings is 1. The Morgan fingerprint density at radius 1 is 1.29 bits per heavy atom. The summed E-state index contributed by atoms with van der Waals surface area (Å²) >= 11 is 2.76. The zero-order chi connectivity index (χ0) is 20.1. The highest BCUT2D eigenvalue weighted by Crippen LogP contribution is 2.22. The summed E-state index contributed by atoms with van der Waals surface area (Å²) in [4.78, 5) is 21.2. The number of aryl methyl sites for hydroxylation is 1. The van der Waals surface area contributed by atoms with Crippen molar-refractivity contribution in [2.75, 3.05) is 11.0 Å². The van der Waals surface area contributed by atoms with Crippen molar-refractivity contribution in [1.29, 1.82) is 0 Å². The Bertz CT molecular complexity index is 1050. The molecule has 3 aromatic heterocycles. The maximum Gasteiger partial charge on any atom is 0.231 e. The number of carbonyl (C=O) groups excluding carboxylic acids is 1. The van der Waals surface area contributed by atoms with E-state index >= 15 is 0 Å². The lowest BCUT2D eigenvalue weighted by Crippen LogP contribution is -2.32. The molecule has 1 amide bonds. The molecule has 148 valence electrons. The summed E-state index contributed by atoms with van der Waals surface area (Å²) in [6, 6.07) is 5.62. The van der Waals surface area contributed by atoms with E-state index in [1.807, 2.05) is 30.5 Å². The zero-order valence-corrected chi connectivity index (χ0v) is 17.8. The molecule has 0 aliphatic heterocycles. The van der Waals surface area contributed by atoms with Crippen molar-refractivity contribution in [3.8, 4) is 0 Å². The normalized spacial score (nSPS) is 12.5. The van der Waals surface area contributed by atoms with Gasteiger partial charge in [0.15, 0.2) is 5.13 Å². The monoisotopic (exact) mass is 436 g/mol. The summed E-state index contributed by atoms with van der Waals surface area (Å²) in [5.74, 6) is -0.193. The van der Waals surface area contributed by atoms with Crippen LogP contribution in [-0.2, 0) is 27.7 Å². The molecule has 0 fully saturated rings. The average molecular weight is 437 g/mol. The number of hydrogen-bond donors (Lipinski definition) is 2. The summed E-state index contributed by atoms with van der Waals surface area (Å²) in [5.41, 5.74) is 3.49. The van der Waals surface area contributed by atoms with Crippen molar-refractivity contribution in [2.24, 2.45) is 0 Å². The molecule has 0 spiro atoms. The Kier molecular flexibility index (Phi) is 6.42. The predicted molar refractivity (Wildman–Crippen MR) is 112 cm³/mol. The molecule has 1 unspecified atom stereocenters. The number of anilines is 1. The summed E-state index contributed by atoms with van der Waals surface area (Å²) in [5, 5.41) is 9.03. The quantitative estimate of drug-likeness (QED) is 0.565. The number of amides is 1. The average Bonchev–Trinajstić information content (AvgIpc) is 3.25. The van der Waals surface area contributed by atoms with Gasteiger partial charge >= 0.3 is 0 Å². The minimum Gasteiger partial charge on any atom is -0.347 e. The van der Waals surface area contributed by atoms with Crippen LogP contribution in [0.4, 0.5) is 5.13 Å². The standard InChI is InChI=1S/C18H20N4O3S3/c1-12-4-3-6-19-17(12)15(8-13-5-7-26-10-13)21-16(23)9-14-11-27-18(20-14)22-28(2,24)25/h3-7,10-11,15H,8-9H2,1-2H3,(H,20,22)(H,21,23). The first kappa shape index (κ1) is 20.4. The van der Waals surface area contributed by atoms with Crippen LogP contribution >= 0.6 is 22.7 Å². The minimum absolute atomic E-state index is 0.0635. The van der Waals surface area contributed by atoms with Gasteiger partial charge in [-0.2, -0.15) is 11.3 Å². The number of rotatable bonds is 8. The maximum absolute atomic E-state index is 12.6. The summed E-state index contributed by atoms with van der Waals surface area (Å²) in [7, 11) is -3.39. The smallest absolute Gasteiger partial charge is 0.231 e. The van der Waals surface area contributed by atoms with Gasteiger partial charge < -0.3 is 5.32 Å². The highest BCUT2D eigenvalue weighted by atomic mass is 32.2. The van der Waals surface area contributed by atoms with Crippen molar-refractivity contribution in [1.82, 2.24) is 15.3 Å². The second kappa shape index (κ2) is 8.80. The fraction of sp³-hybridized carbons (Fsp3) is 0.278. The molecule has 2 N–H and O–H groups in total. The van der Waals surface area contributed by atoms with E-state index in [1.165, 1.54) is 0 Å². The van der Waals surface area contributed by atoms with Gasteiger partial charge in [-0.15, -0.1) is 11.3 Å². The van der Waals surface area contributed by atoms with Gasteiger partial charge in [0.2, 0.25) is 15.9 Å². The van der Waals surface area contributed by atoms with Crippen molar-refractivity contribution >= 4 is 43.7 Å². The molecule has 0 aliphatic rings. The van der Waals surface area contributed by atoms with E-state index in [4.69, 9.17) is 0 Å². The Morgan fingerprint density at radius 3 is 2.79 bits per heavy atom. The van der Waals surface area contributed by atoms with Crippen LogP contribution < -0.4 is 10.0 Å². The largest absolute Gasteiger partial charge is 0.347 e. The van der Waals surface area contributed by atoms with E-state index in [9.17, 15) is 13.2 Å². The molecule has 0 aromatic carbocycles. The minimum atomic E-state index is -3.39. The molecule has 28 heavy (non-hydrogen) atoms. The third kappa shape index (κ3) is 5.85. The predicted octanol–water partition coefficient (Wildman–Crippen LogP) is 2.92. The van der Waals surface area contributed by atoms with Gasteiger partial charge in [0.05, 0.1) is 30.1 Å². The lowest BCUT2D eigenvalue weighted by molar-refractivity contribution is -0.121. The van der Waals surface area contributed by atoms with E-state index < -0.39 is 10.0 Å². The molecule has 3 heterocycles. The van der Waals surface area contributed by atoms with Crippen LogP contribution in [0.2, 0.25) is 0 Å². The summed E-state index contributed by atoms with van der Waals surface area (Å²) < 4.78 is 24.9. The number of nitrogens with one attached hydrogen (secondary N) is 2. The van der Waals surface area contributed by atoms with Crippen molar-refractivity contribution in [2.45, 2.75) is 25.8 Å². The van der Waals surface area contributed by atoms with Gasteiger partial charge in [-0.3, -0.25) is 14.5 Å². The third-order valence-electron chi connectivity index (χ3n) is 3.90. The Hall–Kier alpha value is -2.30. The Balaban J connectivity index is 1.71. The highest BCUT2D eigenvalue weighted by molar-refractivity contribution is 7.92. The first-order chi connectivity index (χ1) is 13.3. The van der Waals surface area contributed by atoms with Gasteiger partial charge in [-0.1, -0.05) is 6.07 Å². The van der Waals surface area contributed by atoms with E-state index in [0.717, 1.165) is 34.4 Å². The third-order valence-corrected chi connectivity index (χ3v) is 6.13. The summed E-state index contributed by atoms with van der Waals surface area (Å²) in [6.07, 6.45) is 3.49. The highest BCUT2D eigenvalue weighted by Gasteiger charge is 2.20. The van der Waals surface area contributed by atoms with E-state index in [1.54, 1.807) is 22.9 Å². The maximum atomic E-state index is 12.6. The van der Waals surface area contributed by atoms with Crippen LogP contribution in [0.3, 0.4) is 0 Å². The van der Waals surface area contributed by atoms with Crippen molar-refractivity contribution in [3.05, 3.63) is 63.1 Å². The van der Waals surface area contributed by atoms with E-state index in [-0.39, 0.29) is 23.5 Å². The molecule has 0 saturated carbocycles. The second-order valence-corrected chi connectivity index (χ2v) is 9.74. The van der Waals surface area contributed by atoms with Crippen LogP contribution in [-0.4, -0.2) is 30.5 Å². The van der Waals surface area contributed by atoms with Crippen molar-refractivity contribution < 1.29 is 13.2 Å². The number of nitrogens with zero attached hydrogens (tertiary/aromatic N) is 2. The Labute approximate surface area is 171 Å². The van der Waals surface area contributed by atoms with Crippen LogP contribution in [0.15, 0.2) is 40.5 Å². The molecule has 0 aliphatic carbocycles. The molecule has 0 radical (unpaired) electrons. The number of thiophene rings is 1. The van der Waals surface area contributed by atoms with Gasteiger partial charge in [-0.25, -0.2) is 13.4 Å². The number of aromatic nitrogens is 2. The van der Waals surface area contributed by atoms with Crippen LogP contribution in [0.25, 0.3) is 0 Å². The van der Waals surface area contributed by atoms with Crippen LogP contribution in [0, 0.1) is 6.92 Å². The Morgan fingerprint density at radius 2 is 2.11 bits per heavy atom. The number of hydrogen-bond acceptors (Lipinski definition) is 7. The fourth-order valence-electron chi connectivity index (χ4n) is 2.73. The van der Waals surface area contributed by atoms with Gasteiger partial charge in [0.1, 0.15) is 0 Å². The lowest BCUT2D eigenvalue weighted by Gasteiger charge is -2.19. The lowest BCUT2D eigenvalue weighted by atomic mass is 10.0. The fourth-order valence-corrected chi connectivity index (χ4v) is 4.97. The van der Waals surface area contributed by atoms with Crippen LogP contribution in [0.5, 0.6) is 0 Å². The first-order valence-electron chi connectivity index (χ1n) is 8.44. The van der Waals surface area contributed by atoms with Gasteiger partial charge in [0.25, 0.3) is 0 Å². The molecule has 10 heteroatoms. The zero-order valence-electron chi connectivity index (χ0n) is 15.4. The van der Waals surface area contributed by atoms with Crippen LogP contribution in [0.1, 0.15) is 28.6 Å². The van der Waals surface area contributed by atoms with E-state index in [0.29, 0.717) is 12.1 Å². The molecule has 0 bridgehead atoms. The SMILES string of the molecule is Cc1cccnc1C(Cc1ccsc1)NC(=O)Cc1csc(NS(C)(=O)=O)n1. The topological polar surface area (TPSA) is 101 Å². The second-order valence-electron chi connectivity index (χ2n) is 6.36. The summed E-state index contributed by atoms with van der Waals surface area (Å²) in [6.45, 7) is 1.97. The first-order valence-corrected chi connectivity index (χ1v) is 12.2. The van der Waals surface area contributed by atoms with Crippen molar-refractivity contribution in [3.63, 3.8) is 0 Å². The molecular weight excluding hydrogens is 416 g/mol. The number of sulfonamides is 1. The molecule has 3 aromatic rings. The van der Waals surface area contributed by atoms with E-state index in [2.05, 4.69) is 25.4 Å². The number of carbonyl (C=O) groups is 1. The molecule has 0 saturated heterocycles. The molecule has 1 atom stereocenters. The molecule has 3 rings (SSSR count). The number of thiazole rings is 1. The van der Waals surface area contributed by atoms with Gasteiger partial charge in [-0.05, 0) is 47.4 Å². The molecular formula is C18H20N4O3S3.